The van der Waals surface area contributed by atoms with E-state index in [9.17, 15) is 43.8 Å². The Hall–Kier alpha value is -6.90. The Labute approximate surface area is 450 Å². The number of halogens is 3. The van der Waals surface area contributed by atoms with Crippen LogP contribution in [0.5, 0.6) is 0 Å². The van der Waals surface area contributed by atoms with E-state index in [0.717, 1.165) is 0 Å². The average molecular weight is 1070 g/mol. The fourth-order valence-corrected chi connectivity index (χ4v) is 9.73. The molecule has 3 heterocycles. The van der Waals surface area contributed by atoms with Crippen LogP contribution in [0.25, 0.3) is 14.5 Å². The van der Waals surface area contributed by atoms with E-state index in [1.165, 1.54) is 72.8 Å². The standard InChI is InChI=1S/3C20H20FNO4/c3*1-22-17-6-7-18(14(12-17)13-23)20(24,9-8-19-25-10-11-26-19)15-2-4-16(21)5-3-15/h3*2-7,12,19,23-24H,8-11,13H2/t2*20-;/m10./s1. The van der Waals surface area contributed by atoms with Crippen molar-refractivity contribution in [2.24, 2.45) is 0 Å². The maximum atomic E-state index is 13.4. The van der Waals surface area contributed by atoms with Crippen molar-refractivity contribution in [1.29, 1.82) is 0 Å². The van der Waals surface area contributed by atoms with E-state index < -0.39 is 53.1 Å². The molecule has 0 aliphatic carbocycles. The van der Waals surface area contributed by atoms with Crippen LogP contribution in [0.2, 0.25) is 0 Å². The van der Waals surface area contributed by atoms with Gasteiger partial charge in [0.05, 0.1) is 79.2 Å². The summed E-state index contributed by atoms with van der Waals surface area (Å²) < 4.78 is 72.8. The zero-order chi connectivity index (χ0) is 55.7. The summed E-state index contributed by atoms with van der Waals surface area (Å²) in [6, 6.07) is 31.2. The Kier molecular flexibility index (Phi) is 20.8. The van der Waals surface area contributed by atoms with Crippen molar-refractivity contribution in [1.82, 2.24) is 0 Å². The van der Waals surface area contributed by atoms with Crippen LogP contribution in [0.1, 0.15) is 88.6 Å². The molecule has 6 N–H and O–H groups in total. The van der Waals surface area contributed by atoms with E-state index in [4.69, 9.17) is 48.1 Å². The third kappa shape index (κ3) is 14.4. The van der Waals surface area contributed by atoms with Gasteiger partial charge in [-0.05, 0) is 106 Å². The third-order valence-electron chi connectivity index (χ3n) is 13.8. The van der Waals surface area contributed by atoms with Gasteiger partial charge in [-0.15, -0.1) is 0 Å². The molecule has 3 aliphatic rings. The van der Waals surface area contributed by atoms with Crippen molar-refractivity contribution in [2.45, 2.75) is 94.0 Å². The van der Waals surface area contributed by atoms with Gasteiger partial charge in [0.1, 0.15) is 34.3 Å². The van der Waals surface area contributed by atoms with Gasteiger partial charge < -0.3 is 59.1 Å². The predicted molar refractivity (Wildman–Crippen MR) is 279 cm³/mol. The number of ether oxygens (including phenoxy) is 6. The van der Waals surface area contributed by atoms with Crippen LogP contribution in [0.3, 0.4) is 0 Å². The molecule has 0 aromatic heterocycles. The first-order chi connectivity index (χ1) is 37.7. The van der Waals surface area contributed by atoms with E-state index in [1.807, 2.05) is 0 Å². The molecule has 408 valence electrons. The fourth-order valence-electron chi connectivity index (χ4n) is 9.73. The van der Waals surface area contributed by atoms with Crippen LogP contribution >= 0.6 is 0 Å². The predicted octanol–water partition coefficient (Wildman–Crippen LogP) is 9.77. The minimum absolute atomic E-state index is 0.258. The Morgan fingerprint density at radius 3 is 0.821 bits per heavy atom. The number of rotatable bonds is 18. The summed E-state index contributed by atoms with van der Waals surface area (Å²) in [7, 11) is 0. The Balaban J connectivity index is 0.000000170. The smallest absolute Gasteiger partial charge is 0.187 e. The van der Waals surface area contributed by atoms with Gasteiger partial charge in [0.2, 0.25) is 0 Å². The van der Waals surface area contributed by atoms with Gasteiger partial charge in [-0.1, -0.05) is 91.0 Å². The number of hydrogen-bond donors (Lipinski definition) is 6. The largest absolute Gasteiger partial charge is 0.392 e. The topological polar surface area (TPSA) is 190 Å². The second-order valence-corrected chi connectivity index (χ2v) is 18.6. The molecule has 9 rings (SSSR count). The molecular weight excluding hydrogens is 1010 g/mol. The van der Waals surface area contributed by atoms with E-state index in [-0.39, 0.29) is 39.1 Å². The second kappa shape index (κ2) is 27.6. The molecule has 3 atom stereocenters. The van der Waals surface area contributed by atoms with Crippen molar-refractivity contribution in [3.8, 4) is 0 Å². The molecule has 0 saturated carbocycles. The van der Waals surface area contributed by atoms with Crippen molar-refractivity contribution < 1.29 is 72.2 Å². The minimum Gasteiger partial charge on any atom is -0.392 e. The van der Waals surface area contributed by atoms with Gasteiger partial charge in [-0.2, -0.15) is 0 Å². The van der Waals surface area contributed by atoms with E-state index in [1.54, 1.807) is 54.6 Å². The molecule has 0 bridgehead atoms. The summed E-state index contributed by atoms with van der Waals surface area (Å²) in [5.74, 6) is -1.20. The van der Waals surface area contributed by atoms with E-state index in [2.05, 4.69) is 14.5 Å². The van der Waals surface area contributed by atoms with Crippen LogP contribution in [0.15, 0.2) is 127 Å². The third-order valence-corrected chi connectivity index (χ3v) is 13.8. The van der Waals surface area contributed by atoms with Crippen LogP contribution in [-0.2, 0) is 65.0 Å². The highest BCUT2D eigenvalue weighted by molar-refractivity contribution is 5.55. The van der Waals surface area contributed by atoms with Crippen molar-refractivity contribution in [3.05, 3.63) is 229 Å². The molecule has 3 aliphatic heterocycles. The molecule has 0 radical (unpaired) electrons. The van der Waals surface area contributed by atoms with Crippen molar-refractivity contribution in [2.75, 3.05) is 39.6 Å². The molecule has 0 spiro atoms. The number of aliphatic hydroxyl groups is 6. The lowest BCUT2D eigenvalue weighted by molar-refractivity contribution is -0.0623. The lowest BCUT2D eigenvalue weighted by Crippen LogP contribution is -2.30. The molecule has 1 unspecified atom stereocenters. The maximum Gasteiger partial charge on any atom is 0.187 e. The molecular formula is C60H60F3N3O12. The van der Waals surface area contributed by atoms with Crippen molar-refractivity contribution in [3.63, 3.8) is 0 Å². The molecule has 6 aromatic rings. The lowest BCUT2D eigenvalue weighted by Gasteiger charge is -2.32. The minimum atomic E-state index is -1.47. The monoisotopic (exact) mass is 1070 g/mol. The Morgan fingerprint density at radius 1 is 0.385 bits per heavy atom. The second-order valence-electron chi connectivity index (χ2n) is 18.6. The summed E-state index contributed by atoms with van der Waals surface area (Å²) in [5, 5.41) is 63.9. The van der Waals surface area contributed by atoms with Gasteiger partial charge in [0.25, 0.3) is 0 Å². The van der Waals surface area contributed by atoms with Crippen LogP contribution < -0.4 is 0 Å². The van der Waals surface area contributed by atoms with Gasteiger partial charge in [-0.25, -0.2) is 27.7 Å². The SMILES string of the molecule is [C-]#[N+]c1ccc(C(O)(CCC2OCCO2)c2ccc(F)cc2)c(CO)c1.[C-]#[N+]c1ccc([C@@](O)(CCC2OCCO2)c2ccc(F)cc2)c(CO)c1.[C-]#[N+]c1ccc([C@](O)(CCC2OCCO2)c2ccc(F)cc2)c(CO)c1. The molecule has 3 fully saturated rings. The van der Waals surface area contributed by atoms with Gasteiger partial charge in [0.15, 0.2) is 35.9 Å². The number of benzene rings is 6. The summed E-state index contributed by atoms with van der Waals surface area (Å²) in [4.78, 5) is 10.1. The Bertz CT molecular complexity index is 2720. The quantitative estimate of drug-likeness (QED) is 0.0448. The van der Waals surface area contributed by atoms with E-state index in [0.29, 0.717) is 126 Å². The molecule has 18 heteroatoms. The number of nitrogens with zero attached hydrogens (tertiary/aromatic N) is 3. The van der Waals surface area contributed by atoms with Gasteiger partial charge in [0, 0.05) is 19.3 Å². The van der Waals surface area contributed by atoms with Gasteiger partial charge in [-0.3, -0.25) is 0 Å². The lowest BCUT2D eigenvalue weighted by atomic mass is 9.80. The molecule has 3 saturated heterocycles. The number of hydrogen-bond acceptors (Lipinski definition) is 12. The maximum absolute atomic E-state index is 13.4. The van der Waals surface area contributed by atoms with Crippen LogP contribution in [0, 0.1) is 37.2 Å². The first-order valence-electron chi connectivity index (χ1n) is 25.2. The summed E-state index contributed by atoms with van der Waals surface area (Å²) >= 11 is 0. The highest BCUT2D eigenvalue weighted by Gasteiger charge is 2.38. The fraction of sp³-hybridized carbons (Fsp3) is 0.350. The molecule has 15 nitrogen and oxygen atoms in total. The molecule has 78 heavy (non-hydrogen) atoms. The molecule has 6 aromatic carbocycles. The van der Waals surface area contributed by atoms with E-state index >= 15 is 0 Å². The average Bonchev–Trinajstić information content (AvgIpc) is 4.34. The summed E-state index contributed by atoms with van der Waals surface area (Å²) in [5.41, 5.74) is 1.05. The van der Waals surface area contributed by atoms with Crippen LogP contribution in [0.4, 0.5) is 30.2 Å². The zero-order valence-electron chi connectivity index (χ0n) is 42.6. The Morgan fingerprint density at radius 2 is 0.615 bits per heavy atom. The first-order valence-corrected chi connectivity index (χ1v) is 25.2. The highest BCUT2D eigenvalue weighted by atomic mass is 19.1. The number of aliphatic hydroxyl groups excluding tert-OH is 3. The van der Waals surface area contributed by atoms with Gasteiger partial charge >= 0.3 is 0 Å². The van der Waals surface area contributed by atoms with Crippen LogP contribution in [-0.4, -0.2) is 89.2 Å². The molecule has 0 amide bonds. The van der Waals surface area contributed by atoms with Crippen molar-refractivity contribution >= 4 is 17.1 Å². The zero-order valence-corrected chi connectivity index (χ0v) is 42.6. The normalized spacial score (nSPS) is 17.0. The highest BCUT2D eigenvalue weighted by Crippen LogP contribution is 2.42. The summed E-state index contributed by atoms with van der Waals surface area (Å²) in [6.45, 7) is 23.5. The summed E-state index contributed by atoms with van der Waals surface area (Å²) in [6.07, 6.45) is 0.872. The first kappa shape index (κ1) is 58.8.